The maximum Gasteiger partial charge on any atom is 0.280 e. The molecule has 0 N–H and O–H groups in total. The van der Waals surface area contributed by atoms with E-state index in [2.05, 4.69) is 28.5 Å². The minimum atomic E-state index is -0.0113. The van der Waals surface area contributed by atoms with E-state index in [-0.39, 0.29) is 11.9 Å². The maximum absolute atomic E-state index is 13.2. The first-order chi connectivity index (χ1) is 13.1. The quantitative estimate of drug-likeness (QED) is 0.824. The fourth-order valence-electron chi connectivity index (χ4n) is 4.85. The third-order valence-corrected chi connectivity index (χ3v) is 6.31. The summed E-state index contributed by atoms with van der Waals surface area (Å²) in [6.07, 6.45) is 3.52. The van der Waals surface area contributed by atoms with Crippen molar-refractivity contribution in [3.8, 4) is 0 Å². The summed E-state index contributed by atoms with van der Waals surface area (Å²) in [5, 5.41) is 0. The van der Waals surface area contributed by atoms with Crippen LogP contribution in [-0.4, -0.2) is 45.4 Å². The van der Waals surface area contributed by atoms with Crippen molar-refractivity contribution < 1.29 is 4.79 Å². The van der Waals surface area contributed by atoms with E-state index < -0.39 is 0 Å². The highest BCUT2D eigenvalue weighted by molar-refractivity contribution is 6.18. The number of imidazole rings is 1. The number of benzene rings is 1. The molecule has 0 saturated heterocycles. The van der Waals surface area contributed by atoms with Crippen LogP contribution in [-0.2, 0) is 6.54 Å². The van der Waals surface area contributed by atoms with Gasteiger partial charge in [0, 0.05) is 13.6 Å². The molecule has 0 radical (unpaired) electrons. The second-order valence-corrected chi connectivity index (χ2v) is 8.03. The van der Waals surface area contributed by atoms with Crippen molar-refractivity contribution in [1.82, 2.24) is 14.5 Å². The zero-order chi connectivity index (χ0) is 18.7. The number of carbonyl (C=O) groups is 1. The number of hydrogen-bond donors (Lipinski definition) is 0. The van der Waals surface area contributed by atoms with Gasteiger partial charge in [0.1, 0.15) is 5.82 Å². The monoisotopic (exact) mass is 363 g/mol. The summed E-state index contributed by atoms with van der Waals surface area (Å²) >= 11 is 0. The van der Waals surface area contributed by atoms with Crippen LogP contribution < -0.4 is 4.90 Å². The smallest absolute Gasteiger partial charge is 0.280 e. The highest BCUT2D eigenvalue weighted by atomic mass is 16.2. The van der Waals surface area contributed by atoms with Crippen LogP contribution in [0.4, 0.5) is 5.82 Å². The van der Waals surface area contributed by atoms with Gasteiger partial charge in [-0.05, 0) is 31.2 Å². The average Bonchev–Trinajstić information content (AvgIpc) is 3.20. The molecule has 140 valence electrons. The minimum absolute atomic E-state index is 0.0113. The summed E-state index contributed by atoms with van der Waals surface area (Å²) in [6.45, 7) is 4.92. The molecule has 2 aliphatic heterocycles. The van der Waals surface area contributed by atoms with Crippen molar-refractivity contribution in [3.63, 3.8) is 0 Å². The van der Waals surface area contributed by atoms with E-state index in [0.29, 0.717) is 24.2 Å². The first kappa shape index (κ1) is 16.5. The highest BCUT2D eigenvalue weighted by Crippen LogP contribution is 2.41. The van der Waals surface area contributed by atoms with Gasteiger partial charge in [0.25, 0.3) is 5.91 Å². The van der Waals surface area contributed by atoms with Crippen LogP contribution >= 0.6 is 0 Å². The molecule has 3 atom stereocenters. The number of guanidine groups is 1. The number of aryl methyl sites for hydroxylation is 1. The third kappa shape index (κ3) is 2.35. The van der Waals surface area contributed by atoms with Crippen LogP contribution in [0.2, 0.25) is 0 Å². The van der Waals surface area contributed by atoms with E-state index in [9.17, 15) is 4.79 Å². The van der Waals surface area contributed by atoms with E-state index in [1.807, 2.05) is 32.2 Å². The van der Waals surface area contributed by atoms with Crippen molar-refractivity contribution in [1.29, 1.82) is 0 Å². The molecule has 6 heteroatoms. The van der Waals surface area contributed by atoms with E-state index in [1.54, 1.807) is 4.90 Å². The predicted octanol–water partition coefficient (Wildman–Crippen LogP) is 3.06. The predicted molar refractivity (Wildman–Crippen MR) is 105 cm³/mol. The Balaban J connectivity index is 1.62. The van der Waals surface area contributed by atoms with E-state index in [1.165, 1.54) is 18.4 Å². The summed E-state index contributed by atoms with van der Waals surface area (Å²) < 4.78 is 2.06. The number of carbonyl (C=O) groups excluding carboxylic acids is 1. The summed E-state index contributed by atoms with van der Waals surface area (Å²) in [5.41, 5.74) is 1.86. The van der Waals surface area contributed by atoms with E-state index in [0.717, 1.165) is 24.0 Å². The number of fused-ring (bicyclic) bond motifs is 5. The number of rotatable bonds is 2. The molecule has 3 aliphatic rings. The topological polar surface area (TPSA) is 53.7 Å². The molecule has 27 heavy (non-hydrogen) atoms. The van der Waals surface area contributed by atoms with E-state index in [4.69, 9.17) is 9.98 Å². The molecule has 3 heterocycles. The van der Waals surface area contributed by atoms with Crippen molar-refractivity contribution >= 4 is 17.7 Å². The van der Waals surface area contributed by atoms with Crippen LogP contribution in [0.15, 0.2) is 35.3 Å². The molecule has 3 unspecified atom stereocenters. The number of amides is 1. The standard InChI is InChI=1S/C21H25N5O/c1-13-8-7-11-16-17(13)23-21-24(3)20(27)18-19(26(16)21)22-14(2)25(18)12-15-9-5-4-6-10-15/h4-6,9-10,13,16-17H,7-8,11-12H2,1-3H3. The van der Waals surface area contributed by atoms with Crippen molar-refractivity contribution in [2.45, 2.75) is 51.7 Å². The molecule has 5 rings (SSSR count). The Labute approximate surface area is 159 Å². The van der Waals surface area contributed by atoms with Crippen LogP contribution in [0.25, 0.3) is 0 Å². The van der Waals surface area contributed by atoms with Gasteiger partial charge < -0.3 is 4.57 Å². The Kier molecular flexibility index (Phi) is 3.64. The fraction of sp³-hybridized carbons (Fsp3) is 0.476. The largest absolute Gasteiger partial charge is 0.318 e. The third-order valence-electron chi connectivity index (χ3n) is 6.31. The molecular formula is C21H25N5O. The van der Waals surface area contributed by atoms with Gasteiger partial charge in [0.15, 0.2) is 11.5 Å². The van der Waals surface area contributed by atoms with Gasteiger partial charge in [0.05, 0.1) is 12.1 Å². The summed E-state index contributed by atoms with van der Waals surface area (Å²) in [4.78, 5) is 27.0. The SMILES string of the molecule is Cc1nc2c(n1Cc1ccccc1)C(=O)N(C)C1=NC3C(C)CCCC3N12. The number of aromatic nitrogens is 2. The molecule has 1 aromatic heterocycles. The van der Waals surface area contributed by atoms with Crippen LogP contribution in [0.5, 0.6) is 0 Å². The molecule has 0 bridgehead atoms. The van der Waals surface area contributed by atoms with Gasteiger partial charge in [-0.15, -0.1) is 0 Å². The Hall–Kier alpha value is -2.63. The molecule has 1 aliphatic carbocycles. The van der Waals surface area contributed by atoms with Gasteiger partial charge in [-0.1, -0.05) is 43.7 Å². The van der Waals surface area contributed by atoms with Crippen molar-refractivity contribution in [2.75, 3.05) is 11.9 Å². The molecule has 1 fully saturated rings. The van der Waals surface area contributed by atoms with Crippen molar-refractivity contribution in [3.05, 3.63) is 47.4 Å². The fourth-order valence-corrected chi connectivity index (χ4v) is 4.85. The molecule has 0 spiro atoms. The highest BCUT2D eigenvalue weighted by Gasteiger charge is 2.49. The van der Waals surface area contributed by atoms with Crippen molar-refractivity contribution in [2.24, 2.45) is 10.9 Å². The minimum Gasteiger partial charge on any atom is -0.318 e. The molecular weight excluding hydrogens is 338 g/mol. The Morgan fingerprint density at radius 2 is 1.96 bits per heavy atom. The van der Waals surface area contributed by atoms with Gasteiger partial charge >= 0.3 is 0 Å². The maximum atomic E-state index is 13.2. The Bertz CT molecular complexity index is 932. The summed E-state index contributed by atoms with van der Waals surface area (Å²) in [5.74, 6) is 2.98. The number of nitrogens with zero attached hydrogens (tertiary/aromatic N) is 5. The lowest BCUT2D eigenvalue weighted by Crippen LogP contribution is -2.53. The molecule has 1 aromatic carbocycles. The Morgan fingerprint density at radius 1 is 1.19 bits per heavy atom. The zero-order valence-corrected chi connectivity index (χ0v) is 16.1. The molecule has 1 amide bonds. The molecule has 6 nitrogen and oxygen atoms in total. The molecule has 1 saturated carbocycles. The molecule has 2 aromatic rings. The number of anilines is 1. The lowest BCUT2D eigenvalue weighted by molar-refractivity contribution is 0.0854. The lowest BCUT2D eigenvalue weighted by Gasteiger charge is -2.38. The van der Waals surface area contributed by atoms with Crippen LogP contribution in [0.1, 0.15) is 48.1 Å². The van der Waals surface area contributed by atoms with Crippen LogP contribution in [0, 0.1) is 12.8 Å². The summed E-state index contributed by atoms with van der Waals surface area (Å²) in [6, 6.07) is 10.8. The normalized spacial score (nSPS) is 26.6. The number of hydrogen-bond acceptors (Lipinski definition) is 4. The average molecular weight is 363 g/mol. The second-order valence-electron chi connectivity index (χ2n) is 8.03. The first-order valence-corrected chi connectivity index (χ1v) is 9.82. The van der Waals surface area contributed by atoms with Crippen LogP contribution in [0.3, 0.4) is 0 Å². The zero-order valence-electron chi connectivity index (χ0n) is 16.1. The number of aliphatic imine (C=N–C) groups is 1. The first-order valence-electron chi connectivity index (χ1n) is 9.82. The summed E-state index contributed by atoms with van der Waals surface area (Å²) in [7, 11) is 1.84. The lowest BCUT2D eigenvalue weighted by atomic mass is 9.82. The van der Waals surface area contributed by atoms with Gasteiger partial charge in [0.2, 0.25) is 5.96 Å². The van der Waals surface area contributed by atoms with Gasteiger partial charge in [-0.3, -0.25) is 14.6 Å². The second kappa shape index (κ2) is 5.94. The van der Waals surface area contributed by atoms with Gasteiger partial charge in [-0.2, -0.15) is 0 Å². The van der Waals surface area contributed by atoms with Gasteiger partial charge in [-0.25, -0.2) is 9.98 Å². The van der Waals surface area contributed by atoms with E-state index >= 15 is 0 Å². The Morgan fingerprint density at radius 3 is 2.74 bits per heavy atom.